The Morgan fingerprint density at radius 1 is 1.17 bits per heavy atom. The molecule has 0 saturated heterocycles. The van der Waals surface area contributed by atoms with Gasteiger partial charge in [-0.3, -0.25) is 4.79 Å². The van der Waals surface area contributed by atoms with Gasteiger partial charge in [-0.2, -0.15) is 4.98 Å². The third-order valence-corrected chi connectivity index (χ3v) is 4.96. The van der Waals surface area contributed by atoms with E-state index in [4.69, 9.17) is 25.6 Å². The van der Waals surface area contributed by atoms with E-state index in [0.29, 0.717) is 28.2 Å². The van der Waals surface area contributed by atoms with Crippen molar-refractivity contribution >= 4 is 17.5 Å². The summed E-state index contributed by atoms with van der Waals surface area (Å²) in [4.78, 5) is 18.2. The van der Waals surface area contributed by atoms with Crippen molar-refractivity contribution in [1.82, 2.24) is 15.0 Å². The topological polar surface area (TPSA) is 77.7 Å². The van der Waals surface area contributed by atoms with Crippen LogP contribution in [0.25, 0.3) is 11.4 Å². The molecule has 8 heteroatoms. The molecule has 0 bridgehead atoms. The average Bonchev–Trinajstić information content (AvgIpc) is 3.18. The Morgan fingerprint density at radius 3 is 2.59 bits per heavy atom. The molecule has 152 valence electrons. The zero-order valence-corrected chi connectivity index (χ0v) is 17.5. The number of aryl methyl sites for hydroxylation is 2. The number of nitrogens with zero attached hydrogens (tertiary/aromatic N) is 3. The lowest BCUT2D eigenvalue weighted by Gasteiger charge is -2.16. The van der Waals surface area contributed by atoms with Crippen LogP contribution in [0.3, 0.4) is 0 Å². The van der Waals surface area contributed by atoms with Crippen LogP contribution in [0.4, 0.5) is 0 Å². The minimum Gasteiger partial charge on any atom is -0.497 e. The van der Waals surface area contributed by atoms with Crippen LogP contribution in [-0.4, -0.2) is 41.7 Å². The summed E-state index contributed by atoms with van der Waals surface area (Å²) in [5.41, 5.74) is 2.57. The second-order valence-corrected chi connectivity index (χ2v) is 7.03. The first kappa shape index (κ1) is 20.7. The van der Waals surface area contributed by atoms with E-state index in [-0.39, 0.29) is 19.1 Å². The van der Waals surface area contributed by atoms with E-state index >= 15 is 0 Å². The smallest absolute Gasteiger partial charge is 0.260 e. The molecule has 1 aromatic heterocycles. The van der Waals surface area contributed by atoms with Gasteiger partial charge in [0.25, 0.3) is 5.91 Å². The SMILES string of the molecule is COc1cccc(-c2noc(CN(C)C(=O)COc3cc(C)c(Cl)c(C)c3)n2)c1. The first-order valence-electron chi connectivity index (χ1n) is 8.98. The van der Waals surface area contributed by atoms with E-state index in [1.54, 1.807) is 26.3 Å². The molecule has 29 heavy (non-hydrogen) atoms. The molecule has 0 aliphatic rings. The number of hydrogen-bond donors (Lipinski definition) is 0. The fourth-order valence-electron chi connectivity index (χ4n) is 2.73. The second-order valence-electron chi connectivity index (χ2n) is 6.65. The van der Waals surface area contributed by atoms with E-state index in [0.717, 1.165) is 16.7 Å². The molecule has 0 N–H and O–H groups in total. The van der Waals surface area contributed by atoms with Crippen molar-refractivity contribution in [3.05, 3.63) is 58.4 Å². The Kier molecular flexibility index (Phi) is 6.39. The number of aromatic nitrogens is 2. The van der Waals surface area contributed by atoms with Crippen molar-refractivity contribution in [2.75, 3.05) is 20.8 Å². The van der Waals surface area contributed by atoms with Crippen LogP contribution >= 0.6 is 11.6 Å². The Balaban J connectivity index is 1.59. The Morgan fingerprint density at radius 2 is 1.90 bits per heavy atom. The van der Waals surface area contributed by atoms with Gasteiger partial charge in [0.15, 0.2) is 6.61 Å². The third kappa shape index (κ3) is 5.06. The van der Waals surface area contributed by atoms with E-state index in [2.05, 4.69) is 10.1 Å². The second kappa shape index (κ2) is 8.96. The minimum atomic E-state index is -0.212. The fourth-order valence-corrected chi connectivity index (χ4v) is 2.84. The summed E-state index contributed by atoms with van der Waals surface area (Å²) in [6, 6.07) is 11.0. The van der Waals surface area contributed by atoms with Crippen LogP contribution in [0.15, 0.2) is 40.9 Å². The number of amides is 1. The maximum atomic E-state index is 12.4. The number of carbonyl (C=O) groups excluding carboxylic acids is 1. The lowest BCUT2D eigenvalue weighted by atomic mass is 10.1. The first-order chi connectivity index (χ1) is 13.9. The molecule has 0 spiro atoms. The fraction of sp³-hybridized carbons (Fsp3) is 0.286. The summed E-state index contributed by atoms with van der Waals surface area (Å²) < 4.78 is 16.1. The van der Waals surface area contributed by atoms with Crippen LogP contribution in [0.2, 0.25) is 5.02 Å². The van der Waals surface area contributed by atoms with Gasteiger partial charge in [0.1, 0.15) is 11.5 Å². The van der Waals surface area contributed by atoms with Gasteiger partial charge in [0, 0.05) is 17.6 Å². The van der Waals surface area contributed by atoms with Crippen molar-refractivity contribution in [1.29, 1.82) is 0 Å². The Hall–Kier alpha value is -3.06. The Labute approximate surface area is 174 Å². The van der Waals surface area contributed by atoms with E-state index in [1.807, 2.05) is 38.1 Å². The summed E-state index contributed by atoms with van der Waals surface area (Å²) in [6.45, 7) is 3.86. The summed E-state index contributed by atoms with van der Waals surface area (Å²) in [5.74, 6) is 1.85. The van der Waals surface area contributed by atoms with Gasteiger partial charge in [0.05, 0.1) is 13.7 Å². The predicted octanol–water partition coefficient (Wildman–Crippen LogP) is 4.05. The van der Waals surface area contributed by atoms with Gasteiger partial charge in [-0.1, -0.05) is 28.9 Å². The normalized spacial score (nSPS) is 10.7. The van der Waals surface area contributed by atoms with Crippen molar-refractivity contribution in [2.45, 2.75) is 20.4 Å². The highest BCUT2D eigenvalue weighted by atomic mass is 35.5. The summed E-state index contributed by atoms with van der Waals surface area (Å²) in [5, 5.41) is 4.67. The molecule has 7 nitrogen and oxygen atoms in total. The zero-order chi connectivity index (χ0) is 21.0. The van der Waals surface area contributed by atoms with Crippen molar-refractivity contribution < 1.29 is 18.8 Å². The number of benzene rings is 2. The van der Waals surface area contributed by atoms with E-state index < -0.39 is 0 Å². The average molecular weight is 416 g/mol. The molecule has 0 fully saturated rings. The van der Waals surface area contributed by atoms with E-state index in [9.17, 15) is 4.79 Å². The number of halogens is 1. The number of rotatable bonds is 7. The lowest BCUT2D eigenvalue weighted by molar-refractivity contribution is -0.132. The first-order valence-corrected chi connectivity index (χ1v) is 9.35. The number of hydrogen-bond acceptors (Lipinski definition) is 6. The molecule has 0 aliphatic heterocycles. The maximum absolute atomic E-state index is 12.4. The van der Waals surface area contributed by atoms with Crippen molar-refractivity contribution in [3.8, 4) is 22.9 Å². The molecule has 0 aliphatic carbocycles. The molecule has 0 atom stereocenters. The zero-order valence-electron chi connectivity index (χ0n) is 16.7. The highest BCUT2D eigenvalue weighted by Gasteiger charge is 2.16. The maximum Gasteiger partial charge on any atom is 0.260 e. The molecule has 0 saturated carbocycles. The quantitative estimate of drug-likeness (QED) is 0.579. The Bertz CT molecular complexity index is 996. The van der Waals surface area contributed by atoms with Gasteiger partial charge in [-0.05, 0) is 49.2 Å². The minimum absolute atomic E-state index is 0.103. The number of likely N-dealkylation sites (N-methyl/N-ethyl adjacent to an activating group) is 1. The standard InChI is InChI=1S/C21H22ClN3O4/c1-13-8-17(9-14(2)20(13)22)28-12-19(26)25(3)11-18-23-21(24-29-18)15-6-5-7-16(10-15)27-4/h5-10H,11-12H2,1-4H3. The summed E-state index contributed by atoms with van der Waals surface area (Å²) in [7, 11) is 3.25. The third-order valence-electron chi connectivity index (χ3n) is 4.37. The summed E-state index contributed by atoms with van der Waals surface area (Å²) >= 11 is 6.16. The highest BCUT2D eigenvalue weighted by Crippen LogP contribution is 2.26. The lowest BCUT2D eigenvalue weighted by Crippen LogP contribution is -2.31. The van der Waals surface area contributed by atoms with Crippen LogP contribution in [0.1, 0.15) is 17.0 Å². The molecular weight excluding hydrogens is 394 g/mol. The van der Waals surface area contributed by atoms with E-state index in [1.165, 1.54) is 4.90 Å². The molecule has 1 amide bonds. The molecule has 0 radical (unpaired) electrons. The molecule has 2 aromatic carbocycles. The molecule has 0 unspecified atom stereocenters. The van der Waals surface area contributed by atoms with Crippen LogP contribution in [0.5, 0.6) is 11.5 Å². The number of carbonyl (C=O) groups is 1. The molecule has 1 heterocycles. The van der Waals surface area contributed by atoms with Crippen molar-refractivity contribution in [2.24, 2.45) is 0 Å². The number of ether oxygens (including phenoxy) is 2. The highest BCUT2D eigenvalue weighted by molar-refractivity contribution is 6.32. The van der Waals surface area contributed by atoms with Crippen molar-refractivity contribution in [3.63, 3.8) is 0 Å². The van der Waals surface area contributed by atoms with Crippen LogP contribution < -0.4 is 9.47 Å². The van der Waals surface area contributed by atoms with Gasteiger partial charge < -0.3 is 18.9 Å². The van der Waals surface area contributed by atoms with Gasteiger partial charge in [-0.15, -0.1) is 0 Å². The van der Waals surface area contributed by atoms with Crippen LogP contribution in [0, 0.1) is 13.8 Å². The largest absolute Gasteiger partial charge is 0.497 e. The summed E-state index contributed by atoms with van der Waals surface area (Å²) in [6.07, 6.45) is 0. The van der Waals surface area contributed by atoms with Gasteiger partial charge >= 0.3 is 0 Å². The predicted molar refractivity (Wildman–Crippen MR) is 109 cm³/mol. The molecular formula is C21H22ClN3O4. The van der Waals surface area contributed by atoms with Gasteiger partial charge in [0.2, 0.25) is 11.7 Å². The number of methoxy groups -OCH3 is 1. The van der Waals surface area contributed by atoms with Gasteiger partial charge in [-0.25, -0.2) is 0 Å². The monoisotopic (exact) mass is 415 g/mol. The van der Waals surface area contributed by atoms with Crippen LogP contribution in [-0.2, 0) is 11.3 Å². The molecule has 3 aromatic rings. The molecule has 3 rings (SSSR count).